The fourth-order valence-electron chi connectivity index (χ4n) is 2.74. The maximum absolute atomic E-state index is 5.94. The maximum atomic E-state index is 5.94. The molecule has 0 radical (unpaired) electrons. The van der Waals surface area contributed by atoms with E-state index in [-0.39, 0.29) is 0 Å². The summed E-state index contributed by atoms with van der Waals surface area (Å²) >= 11 is 7.29. The predicted molar refractivity (Wildman–Crippen MR) is 95.3 cm³/mol. The van der Waals surface area contributed by atoms with Gasteiger partial charge in [0.2, 0.25) is 0 Å². The first-order chi connectivity index (χ1) is 10.2. The van der Waals surface area contributed by atoms with Crippen LogP contribution in [0, 0.1) is 0 Å². The molecule has 1 fully saturated rings. The van der Waals surface area contributed by atoms with Crippen LogP contribution in [0.25, 0.3) is 0 Å². The van der Waals surface area contributed by atoms with Gasteiger partial charge in [-0.25, -0.2) is 0 Å². The molecule has 1 aromatic rings. The monoisotopic (exact) mass is 324 g/mol. The van der Waals surface area contributed by atoms with Crippen molar-refractivity contribution in [2.24, 2.45) is 5.73 Å². The Labute approximate surface area is 136 Å². The van der Waals surface area contributed by atoms with E-state index in [4.69, 9.17) is 18.0 Å². The van der Waals surface area contributed by atoms with E-state index < -0.39 is 0 Å². The molecule has 6 heteroatoms. The average Bonchev–Trinajstić information content (AvgIpc) is 2.52. The number of nitrogens with two attached hydrogens (primary N) is 1. The lowest BCUT2D eigenvalue weighted by Gasteiger charge is -2.23. The SMILES string of the molecule is CCc1nnc(NCC2CCCCS2)c(C(N)=S)c1CC. The highest BCUT2D eigenvalue weighted by Crippen LogP contribution is 2.26. The maximum Gasteiger partial charge on any atom is 0.159 e. The van der Waals surface area contributed by atoms with E-state index in [1.807, 2.05) is 11.8 Å². The number of thiocarbonyl (C=S) groups is 1. The number of aromatic nitrogens is 2. The lowest BCUT2D eigenvalue weighted by molar-refractivity contribution is 0.676. The number of hydrogen-bond donors (Lipinski definition) is 2. The lowest BCUT2D eigenvalue weighted by atomic mass is 10.0. The average molecular weight is 325 g/mol. The van der Waals surface area contributed by atoms with E-state index in [1.54, 1.807) is 0 Å². The molecule has 4 nitrogen and oxygen atoms in total. The van der Waals surface area contributed by atoms with E-state index in [2.05, 4.69) is 29.4 Å². The van der Waals surface area contributed by atoms with Crippen LogP contribution in [0.3, 0.4) is 0 Å². The van der Waals surface area contributed by atoms with Crippen molar-refractivity contribution in [3.8, 4) is 0 Å². The minimum Gasteiger partial charge on any atom is -0.389 e. The third-order valence-corrected chi connectivity index (χ3v) is 5.47. The van der Waals surface area contributed by atoms with Crippen molar-refractivity contribution in [3.63, 3.8) is 0 Å². The van der Waals surface area contributed by atoms with Crippen LogP contribution in [0.1, 0.15) is 49.9 Å². The van der Waals surface area contributed by atoms with Crippen molar-refractivity contribution in [1.82, 2.24) is 10.2 Å². The number of thioether (sulfide) groups is 1. The summed E-state index contributed by atoms with van der Waals surface area (Å²) in [6.45, 7) is 5.10. The quantitative estimate of drug-likeness (QED) is 0.785. The Morgan fingerprint density at radius 1 is 1.33 bits per heavy atom. The molecule has 21 heavy (non-hydrogen) atoms. The van der Waals surface area contributed by atoms with Gasteiger partial charge in [-0.1, -0.05) is 32.5 Å². The summed E-state index contributed by atoms with van der Waals surface area (Å²) in [6.07, 6.45) is 5.65. The van der Waals surface area contributed by atoms with Gasteiger partial charge in [-0.2, -0.15) is 16.9 Å². The number of aryl methyl sites for hydroxylation is 1. The Bertz CT molecular complexity index is 499. The van der Waals surface area contributed by atoms with E-state index in [0.717, 1.165) is 42.0 Å². The molecular formula is C15H24N4S2. The topological polar surface area (TPSA) is 63.8 Å². The molecule has 2 heterocycles. The van der Waals surface area contributed by atoms with Crippen LogP contribution >= 0.6 is 24.0 Å². The number of nitrogens with zero attached hydrogens (tertiary/aromatic N) is 2. The molecule has 3 N–H and O–H groups in total. The fraction of sp³-hybridized carbons (Fsp3) is 0.667. The minimum atomic E-state index is 0.412. The molecule has 116 valence electrons. The van der Waals surface area contributed by atoms with Gasteiger partial charge in [0.05, 0.1) is 11.3 Å². The summed E-state index contributed by atoms with van der Waals surface area (Å²) in [5.74, 6) is 2.01. The normalized spacial score (nSPS) is 18.5. The Morgan fingerprint density at radius 2 is 2.14 bits per heavy atom. The molecule has 0 bridgehead atoms. The van der Waals surface area contributed by atoms with Gasteiger partial charge >= 0.3 is 0 Å². The smallest absolute Gasteiger partial charge is 0.159 e. The summed E-state index contributed by atoms with van der Waals surface area (Å²) in [7, 11) is 0. The van der Waals surface area contributed by atoms with E-state index >= 15 is 0 Å². The second-order valence-electron chi connectivity index (χ2n) is 5.29. The van der Waals surface area contributed by atoms with Gasteiger partial charge in [-0.3, -0.25) is 0 Å². The first-order valence-corrected chi connectivity index (χ1v) is 9.16. The molecule has 0 amide bonds. The third-order valence-electron chi connectivity index (χ3n) is 3.86. The van der Waals surface area contributed by atoms with Crippen LogP contribution in [0.4, 0.5) is 5.82 Å². The number of nitrogens with one attached hydrogen (secondary N) is 1. The lowest BCUT2D eigenvalue weighted by Crippen LogP contribution is -2.24. The van der Waals surface area contributed by atoms with Crippen LogP contribution in [0.2, 0.25) is 0 Å². The zero-order valence-corrected chi connectivity index (χ0v) is 14.4. The summed E-state index contributed by atoms with van der Waals surface area (Å²) < 4.78 is 0. The van der Waals surface area contributed by atoms with Gasteiger partial charge in [0.15, 0.2) is 5.82 Å². The molecule has 2 rings (SSSR count). The van der Waals surface area contributed by atoms with Gasteiger partial charge in [0, 0.05) is 11.8 Å². The molecule has 1 saturated heterocycles. The van der Waals surface area contributed by atoms with Crippen molar-refractivity contribution in [2.75, 3.05) is 17.6 Å². The van der Waals surface area contributed by atoms with Crippen molar-refractivity contribution in [2.45, 2.75) is 51.2 Å². The highest BCUT2D eigenvalue weighted by molar-refractivity contribution is 7.99. The molecule has 1 aliphatic heterocycles. The summed E-state index contributed by atoms with van der Waals surface area (Å²) in [5, 5.41) is 12.7. The molecule has 0 aliphatic carbocycles. The van der Waals surface area contributed by atoms with Crippen LogP contribution in [0.5, 0.6) is 0 Å². The first kappa shape index (κ1) is 16.5. The number of rotatable bonds is 6. The van der Waals surface area contributed by atoms with E-state index in [9.17, 15) is 0 Å². The minimum absolute atomic E-state index is 0.412. The standard InChI is InChI=1S/C15H24N4S2/c1-3-11-12(4-2)18-19-15(13(11)14(16)20)17-9-10-7-5-6-8-21-10/h10H,3-9H2,1-2H3,(H2,16,20)(H,17,19). The van der Waals surface area contributed by atoms with Gasteiger partial charge in [-0.15, -0.1) is 5.10 Å². The summed E-state index contributed by atoms with van der Waals surface area (Å²) in [4.78, 5) is 0.412. The van der Waals surface area contributed by atoms with Gasteiger partial charge in [0.1, 0.15) is 4.99 Å². The zero-order chi connectivity index (χ0) is 15.2. The van der Waals surface area contributed by atoms with Gasteiger partial charge in [0.25, 0.3) is 0 Å². The molecular weight excluding hydrogens is 300 g/mol. The third kappa shape index (κ3) is 4.07. The van der Waals surface area contributed by atoms with Crippen molar-refractivity contribution >= 4 is 34.8 Å². The van der Waals surface area contributed by atoms with Crippen molar-refractivity contribution in [3.05, 3.63) is 16.8 Å². The van der Waals surface area contributed by atoms with Crippen LogP contribution in [-0.4, -0.2) is 32.7 Å². The Balaban J connectivity index is 2.19. The first-order valence-electron chi connectivity index (χ1n) is 7.71. The molecule has 1 unspecified atom stereocenters. The van der Waals surface area contributed by atoms with Gasteiger partial charge < -0.3 is 11.1 Å². The Hall–Kier alpha value is -0.880. The molecule has 1 aromatic heterocycles. The molecule has 0 spiro atoms. The van der Waals surface area contributed by atoms with Gasteiger partial charge in [-0.05, 0) is 37.0 Å². The number of hydrogen-bond acceptors (Lipinski definition) is 5. The van der Waals surface area contributed by atoms with E-state index in [0.29, 0.717) is 10.2 Å². The van der Waals surface area contributed by atoms with E-state index in [1.165, 1.54) is 25.0 Å². The highest BCUT2D eigenvalue weighted by Gasteiger charge is 2.19. The Kier molecular flexibility index (Phi) is 6.23. The second-order valence-corrected chi connectivity index (χ2v) is 7.14. The molecule has 1 atom stereocenters. The zero-order valence-electron chi connectivity index (χ0n) is 12.8. The summed E-state index contributed by atoms with van der Waals surface area (Å²) in [6, 6.07) is 0. The number of anilines is 1. The molecule has 1 aliphatic rings. The van der Waals surface area contributed by atoms with Crippen LogP contribution in [-0.2, 0) is 12.8 Å². The highest BCUT2D eigenvalue weighted by atomic mass is 32.2. The van der Waals surface area contributed by atoms with Crippen molar-refractivity contribution in [1.29, 1.82) is 0 Å². The molecule has 0 saturated carbocycles. The van der Waals surface area contributed by atoms with Crippen LogP contribution in [0.15, 0.2) is 0 Å². The molecule has 0 aromatic carbocycles. The van der Waals surface area contributed by atoms with Crippen LogP contribution < -0.4 is 11.1 Å². The summed E-state index contributed by atoms with van der Waals surface area (Å²) in [5.41, 5.74) is 8.97. The Morgan fingerprint density at radius 3 is 2.71 bits per heavy atom. The van der Waals surface area contributed by atoms with Crippen molar-refractivity contribution < 1.29 is 0 Å². The second kappa shape index (κ2) is 7.94. The largest absolute Gasteiger partial charge is 0.389 e. The predicted octanol–water partition coefficient (Wildman–Crippen LogP) is 2.93. The fourth-order valence-corrected chi connectivity index (χ4v) is 4.20.